The van der Waals surface area contributed by atoms with Crippen LogP contribution in [0.3, 0.4) is 0 Å². The van der Waals surface area contributed by atoms with Crippen LogP contribution in [0.1, 0.15) is 77.2 Å². The zero-order valence-corrected chi connectivity index (χ0v) is 30.4. The highest BCUT2D eigenvalue weighted by Crippen LogP contribution is 2.31. The molecule has 0 saturated heterocycles. The Balaban J connectivity index is 0.000000355. The smallest absolute Gasteiger partial charge is 0.259 e. The molecule has 13 nitrogen and oxygen atoms in total. The van der Waals surface area contributed by atoms with Gasteiger partial charge in [-0.05, 0) is 79.9 Å². The summed E-state index contributed by atoms with van der Waals surface area (Å²) >= 11 is 2.17. The van der Waals surface area contributed by atoms with Gasteiger partial charge in [0.15, 0.2) is 11.3 Å². The Morgan fingerprint density at radius 1 is 0.964 bits per heavy atom. The molecule has 0 saturated carbocycles. The third-order valence-electron chi connectivity index (χ3n) is 7.93. The molecule has 1 unspecified atom stereocenters. The van der Waals surface area contributed by atoms with Gasteiger partial charge in [0, 0.05) is 49.2 Å². The molecule has 16 heteroatoms. The van der Waals surface area contributed by atoms with E-state index in [0.29, 0.717) is 65.3 Å². The van der Waals surface area contributed by atoms with Gasteiger partial charge in [0.25, 0.3) is 5.91 Å². The molecule has 6 aromatic rings. The van der Waals surface area contributed by atoms with E-state index in [2.05, 4.69) is 48.1 Å². The van der Waals surface area contributed by atoms with Crippen LogP contribution in [0.2, 0.25) is 0 Å². The molecule has 2 bridgehead atoms. The number of carbonyl (C=O) groups excluding carboxylic acids is 1. The number of aromatic nitrogens is 6. The average Bonchev–Trinajstić information content (AvgIpc) is 3.71. The van der Waals surface area contributed by atoms with Gasteiger partial charge in [-0.2, -0.15) is 20.2 Å². The first-order valence-corrected chi connectivity index (χ1v) is 17.1. The molecular formula is C39H51F2IN8O5. The summed E-state index contributed by atoms with van der Waals surface area (Å²) in [6.45, 7) is 5.45. The second kappa shape index (κ2) is 20.5. The highest BCUT2D eigenvalue weighted by molar-refractivity contribution is 14.1. The van der Waals surface area contributed by atoms with E-state index in [1.807, 2.05) is 14.0 Å². The number of amides is 1. The third kappa shape index (κ3) is 10.8. The Bertz CT molecular complexity index is 2160. The number of likely N-dealkylation sites (N-methyl/N-ethyl adjacent to an activating group) is 2. The Hall–Kier alpha value is -5.10. The first-order valence-electron chi connectivity index (χ1n) is 16.0. The molecule has 2 atom stereocenters. The van der Waals surface area contributed by atoms with Gasteiger partial charge in [0.2, 0.25) is 11.8 Å². The van der Waals surface area contributed by atoms with Crippen LogP contribution >= 0.6 is 22.6 Å². The van der Waals surface area contributed by atoms with E-state index in [0.717, 1.165) is 9.22 Å². The van der Waals surface area contributed by atoms with Gasteiger partial charge >= 0.3 is 0 Å². The fourth-order valence-corrected chi connectivity index (χ4v) is 5.74. The molecule has 0 aliphatic carbocycles. The molecule has 1 N–H and O–H groups in total. The van der Waals surface area contributed by atoms with Crippen LogP contribution in [0.25, 0.3) is 11.3 Å². The van der Waals surface area contributed by atoms with Crippen molar-refractivity contribution in [2.45, 2.75) is 55.8 Å². The highest BCUT2D eigenvalue weighted by Gasteiger charge is 2.22. The van der Waals surface area contributed by atoms with Gasteiger partial charge in [-0.3, -0.25) is 4.79 Å². The number of hydrogen-bond acceptors (Lipinski definition) is 10. The molecule has 0 fully saturated rings. The van der Waals surface area contributed by atoms with Crippen LogP contribution in [0, 0.1) is 15.2 Å². The minimum atomic E-state index is -0.490. The summed E-state index contributed by atoms with van der Waals surface area (Å²) in [5, 5.41) is 11.3. The Labute approximate surface area is 335 Å². The summed E-state index contributed by atoms with van der Waals surface area (Å²) < 4.78 is 54.8. The van der Waals surface area contributed by atoms with Crippen LogP contribution in [-0.2, 0) is 0 Å². The predicted molar refractivity (Wildman–Crippen MR) is 218 cm³/mol. The minimum absolute atomic E-state index is 0. The molecule has 1 amide bonds. The Kier molecular flexibility index (Phi) is 17.2. The number of carbonyl (C=O) groups is 1. The van der Waals surface area contributed by atoms with Crippen molar-refractivity contribution in [1.82, 2.24) is 39.4 Å². The maximum Gasteiger partial charge on any atom is 0.259 e. The second-order valence-electron chi connectivity index (χ2n) is 11.5. The molecule has 55 heavy (non-hydrogen) atoms. The van der Waals surface area contributed by atoms with Gasteiger partial charge in [0.05, 0.1) is 22.5 Å². The van der Waals surface area contributed by atoms with Crippen molar-refractivity contribution in [3.05, 3.63) is 105 Å². The van der Waals surface area contributed by atoms with Crippen LogP contribution in [0.5, 0.6) is 23.3 Å². The number of fused-ring (bicyclic) bond motifs is 3. The lowest BCUT2D eigenvalue weighted by atomic mass is 10.1. The number of nitrogens with one attached hydrogen (secondary N) is 1. The molecule has 2 aromatic carbocycles. The van der Waals surface area contributed by atoms with E-state index in [9.17, 15) is 13.6 Å². The van der Waals surface area contributed by atoms with Crippen LogP contribution < -0.4 is 24.3 Å². The zero-order valence-electron chi connectivity index (χ0n) is 28.2. The molecule has 0 radical (unpaired) electrons. The van der Waals surface area contributed by atoms with Gasteiger partial charge < -0.3 is 29.2 Å². The number of ether oxygens (including phenoxy) is 4. The lowest BCUT2D eigenvalue weighted by Crippen LogP contribution is -2.31. The van der Waals surface area contributed by atoms with Crippen molar-refractivity contribution in [3.63, 3.8) is 0 Å². The lowest BCUT2D eigenvalue weighted by molar-refractivity contribution is 0.0774. The minimum Gasteiger partial charge on any atom is -0.492 e. The molecule has 5 heterocycles. The Morgan fingerprint density at radius 3 is 2.42 bits per heavy atom. The summed E-state index contributed by atoms with van der Waals surface area (Å²) in [4.78, 5) is 23.1. The number of benzene rings is 2. The van der Waals surface area contributed by atoms with Gasteiger partial charge in [-0.1, -0.05) is 29.7 Å². The molecule has 1 aliphatic heterocycles. The van der Waals surface area contributed by atoms with Crippen LogP contribution in [0.15, 0.2) is 73.3 Å². The lowest BCUT2D eigenvalue weighted by Gasteiger charge is -2.19. The predicted octanol–water partition coefficient (Wildman–Crippen LogP) is 8.23. The first-order chi connectivity index (χ1) is 24.6. The summed E-state index contributed by atoms with van der Waals surface area (Å²) in [6.07, 6.45) is 5.76. The van der Waals surface area contributed by atoms with E-state index in [-0.39, 0.29) is 53.9 Å². The number of halogens is 3. The summed E-state index contributed by atoms with van der Waals surface area (Å²) in [5.74, 6) is 0.966. The quantitative estimate of drug-likeness (QED) is 0.124. The summed E-state index contributed by atoms with van der Waals surface area (Å²) in [6, 6.07) is 12.1. The summed E-state index contributed by atoms with van der Waals surface area (Å²) in [5.41, 5.74) is 2.73. The maximum absolute atomic E-state index is 13.7. The second-order valence-corrected chi connectivity index (χ2v) is 12.7. The van der Waals surface area contributed by atoms with Gasteiger partial charge in [0.1, 0.15) is 54.1 Å². The topological polar surface area (TPSA) is 130 Å². The van der Waals surface area contributed by atoms with Crippen LogP contribution in [-0.4, -0.2) is 80.4 Å². The molecular weight excluding hydrogens is 825 g/mol. The van der Waals surface area contributed by atoms with Gasteiger partial charge in [-0.15, -0.1) is 0 Å². The van der Waals surface area contributed by atoms with Crippen molar-refractivity contribution < 1.29 is 32.5 Å². The van der Waals surface area contributed by atoms with Crippen molar-refractivity contribution >= 4 is 39.8 Å². The normalized spacial score (nSPS) is 14.0. The van der Waals surface area contributed by atoms with E-state index >= 15 is 0 Å². The van der Waals surface area contributed by atoms with Crippen molar-refractivity contribution in [2.24, 2.45) is 0 Å². The summed E-state index contributed by atoms with van der Waals surface area (Å²) in [7, 11) is 3.53. The number of rotatable bonds is 7. The van der Waals surface area contributed by atoms with E-state index in [1.165, 1.54) is 39.9 Å². The third-order valence-corrected chi connectivity index (χ3v) is 8.69. The highest BCUT2D eigenvalue weighted by atomic mass is 127. The SMILES string of the molecule is C.C.C.C.CNCCOc1ccc(F)cc1C(C)Oc1ccn2ncc(I)c2n1.C[C@H]1Oc2ccn3ncc(c3n2)C(=O)N(C)CCOc2ccc(F)cc21. The number of hydrogen-bond donors (Lipinski definition) is 1. The molecule has 7 rings (SSSR count). The van der Waals surface area contributed by atoms with E-state index in [1.54, 1.807) is 61.3 Å². The first kappa shape index (κ1) is 46.1. The van der Waals surface area contributed by atoms with E-state index < -0.39 is 12.2 Å². The molecule has 4 aromatic heterocycles. The molecule has 1 aliphatic rings. The van der Waals surface area contributed by atoms with Crippen LogP contribution in [0.4, 0.5) is 8.78 Å². The number of nitrogens with zero attached hydrogens (tertiary/aromatic N) is 7. The zero-order chi connectivity index (χ0) is 36.1. The standard InChI is InChI=1S/C18H17FN4O3.C17H18FIN4O2.4CH4/c1-11-13-9-12(19)3-4-15(13)25-8-7-22(2)18(24)14-10-20-23-6-5-16(26-11)21-17(14)23;1-11(13-9-12(18)3-4-15(13)24-8-6-20-2)25-16-5-7-23-17(22-16)14(19)10-21-23;;;;/h3-6,9-11H,7-8H2,1-2H3;3-5,7,9-11,20H,6,8H2,1-2H3;4*1H4/t11-;;;;;/m1...../s1. The fraction of sp³-hybridized carbons (Fsp3) is 0.359. The maximum atomic E-state index is 13.7. The van der Waals surface area contributed by atoms with Crippen molar-refractivity contribution in [1.29, 1.82) is 0 Å². The largest absolute Gasteiger partial charge is 0.492 e. The molecule has 0 spiro atoms. The van der Waals surface area contributed by atoms with Crippen molar-refractivity contribution in [3.8, 4) is 23.3 Å². The van der Waals surface area contributed by atoms with Gasteiger partial charge in [-0.25, -0.2) is 17.8 Å². The Morgan fingerprint density at radius 2 is 1.65 bits per heavy atom. The monoisotopic (exact) mass is 876 g/mol. The average molecular weight is 877 g/mol. The molecule has 298 valence electrons. The van der Waals surface area contributed by atoms with Crippen molar-refractivity contribution in [2.75, 3.05) is 40.4 Å². The fourth-order valence-electron chi connectivity index (χ4n) is 5.25. The van der Waals surface area contributed by atoms with E-state index in [4.69, 9.17) is 18.9 Å².